The van der Waals surface area contributed by atoms with Crippen molar-refractivity contribution in [2.45, 2.75) is 12.5 Å². The van der Waals surface area contributed by atoms with Crippen molar-refractivity contribution >= 4 is 0 Å². The normalized spacial score (nSPS) is 17.4. The number of fused-ring (bicyclic) bond motifs is 1. The van der Waals surface area contributed by atoms with Gasteiger partial charge in [0.15, 0.2) is 11.5 Å². The second kappa shape index (κ2) is 5.51. The SMILES string of the molecule is COc1ccc2c(c1OC)CCNC2c1cccnc1. The lowest BCUT2D eigenvalue weighted by Gasteiger charge is -2.29. The first kappa shape index (κ1) is 12.9. The van der Waals surface area contributed by atoms with E-state index in [1.165, 1.54) is 16.7 Å². The Hall–Kier alpha value is -2.07. The summed E-state index contributed by atoms with van der Waals surface area (Å²) in [5.41, 5.74) is 3.63. The molecule has 1 aromatic carbocycles. The summed E-state index contributed by atoms with van der Waals surface area (Å²) >= 11 is 0. The van der Waals surface area contributed by atoms with Gasteiger partial charge in [-0.3, -0.25) is 4.98 Å². The van der Waals surface area contributed by atoms with Gasteiger partial charge in [-0.05, 0) is 29.7 Å². The molecule has 0 saturated heterocycles. The Morgan fingerprint density at radius 1 is 1.20 bits per heavy atom. The molecule has 1 atom stereocenters. The highest BCUT2D eigenvalue weighted by atomic mass is 16.5. The van der Waals surface area contributed by atoms with Gasteiger partial charge in [0.25, 0.3) is 0 Å². The van der Waals surface area contributed by atoms with E-state index in [0.29, 0.717) is 0 Å². The van der Waals surface area contributed by atoms with Crippen LogP contribution in [0.3, 0.4) is 0 Å². The highest BCUT2D eigenvalue weighted by Gasteiger charge is 2.25. The van der Waals surface area contributed by atoms with E-state index >= 15 is 0 Å². The minimum Gasteiger partial charge on any atom is -0.493 e. The van der Waals surface area contributed by atoms with E-state index in [4.69, 9.17) is 9.47 Å². The zero-order chi connectivity index (χ0) is 13.9. The molecule has 0 bridgehead atoms. The van der Waals surface area contributed by atoms with Crippen molar-refractivity contribution in [3.8, 4) is 11.5 Å². The Morgan fingerprint density at radius 2 is 2.10 bits per heavy atom. The maximum absolute atomic E-state index is 5.55. The van der Waals surface area contributed by atoms with E-state index in [1.807, 2.05) is 18.3 Å². The smallest absolute Gasteiger partial charge is 0.164 e. The van der Waals surface area contributed by atoms with Crippen LogP contribution in [0.4, 0.5) is 0 Å². The molecule has 4 nitrogen and oxygen atoms in total. The largest absolute Gasteiger partial charge is 0.493 e. The first-order valence-electron chi connectivity index (χ1n) is 6.72. The van der Waals surface area contributed by atoms with Gasteiger partial charge in [-0.15, -0.1) is 0 Å². The number of nitrogens with one attached hydrogen (secondary N) is 1. The highest BCUT2D eigenvalue weighted by molar-refractivity contribution is 5.54. The second-order valence-electron chi connectivity index (χ2n) is 4.79. The molecule has 1 aliphatic heterocycles. The van der Waals surface area contributed by atoms with Gasteiger partial charge in [-0.25, -0.2) is 0 Å². The summed E-state index contributed by atoms with van der Waals surface area (Å²) in [5.74, 6) is 1.64. The van der Waals surface area contributed by atoms with Crippen molar-refractivity contribution in [2.24, 2.45) is 0 Å². The molecule has 0 fully saturated rings. The van der Waals surface area contributed by atoms with Crippen LogP contribution in [0.15, 0.2) is 36.7 Å². The van der Waals surface area contributed by atoms with E-state index in [-0.39, 0.29) is 6.04 Å². The highest BCUT2D eigenvalue weighted by Crippen LogP contribution is 2.39. The van der Waals surface area contributed by atoms with Crippen molar-refractivity contribution in [3.05, 3.63) is 53.3 Å². The number of hydrogen-bond donors (Lipinski definition) is 1. The summed E-state index contributed by atoms with van der Waals surface area (Å²) in [4.78, 5) is 4.21. The summed E-state index contributed by atoms with van der Waals surface area (Å²) in [6.07, 6.45) is 4.64. The molecule has 104 valence electrons. The molecule has 1 aromatic heterocycles. The number of aromatic nitrogens is 1. The Balaban J connectivity index is 2.10. The molecule has 0 amide bonds. The van der Waals surface area contributed by atoms with E-state index in [9.17, 15) is 0 Å². The Morgan fingerprint density at radius 3 is 2.80 bits per heavy atom. The molecule has 2 aromatic rings. The fourth-order valence-corrected chi connectivity index (χ4v) is 2.83. The Bertz CT molecular complexity index is 599. The molecule has 4 heteroatoms. The third-order valence-electron chi connectivity index (χ3n) is 3.74. The maximum Gasteiger partial charge on any atom is 0.164 e. The van der Waals surface area contributed by atoms with Gasteiger partial charge < -0.3 is 14.8 Å². The minimum absolute atomic E-state index is 0.159. The minimum atomic E-state index is 0.159. The third-order valence-corrected chi connectivity index (χ3v) is 3.74. The van der Waals surface area contributed by atoms with Crippen LogP contribution in [0.1, 0.15) is 22.7 Å². The first-order chi connectivity index (χ1) is 9.85. The molecule has 1 aliphatic rings. The monoisotopic (exact) mass is 270 g/mol. The number of nitrogens with zero attached hydrogens (tertiary/aromatic N) is 1. The molecular formula is C16H18N2O2. The van der Waals surface area contributed by atoms with Gasteiger partial charge in [0.1, 0.15) is 0 Å². The zero-order valence-electron chi connectivity index (χ0n) is 11.7. The van der Waals surface area contributed by atoms with Gasteiger partial charge in [-0.2, -0.15) is 0 Å². The number of benzene rings is 1. The molecule has 0 spiro atoms. The van der Waals surface area contributed by atoms with Crippen LogP contribution in [0.2, 0.25) is 0 Å². The summed E-state index contributed by atoms with van der Waals surface area (Å²) in [5, 5.41) is 3.54. The van der Waals surface area contributed by atoms with E-state index in [1.54, 1.807) is 20.4 Å². The number of rotatable bonds is 3. The summed E-state index contributed by atoms with van der Waals surface area (Å²) in [6, 6.07) is 8.30. The number of hydrogen-bond acceptors (Lipinski definition) is 4. The Kier molecular flexibility index (Phi) is 3.56. The van der Waals surface area contributed by atoms with Gasteiger partial charge in [0.05, 0.1) is 20.3 Å². The van der Waals surface area contributed by atoms with Crippen molar-refractivity contribution < 1.29 is 9.47 Å². The van der Waals surface area contributed by atoms with Crippen LogP contribution in [-0.4, -0.2) is 25.7 Å². The number of ether oxygens (including phenoxy) is 2. The van der Waals surface area contributed by atoms with Gasteiger partial charge >= 0.3 is 0 Å². The summed E-state index contributed by atoms with van der Waals surface area (Å²) in [7, 11) is 3.36. The predicted molar refractivity (Wildman–Crippen MR) is 77.3 cm³/mol. The molecule has 1 unspecified atom stereocenters. The molecular weight excluding hydrogens is 252 g/mol. The summed E-state index contributed by atoms with van der Waals surface area (Å²) in [6.45, 7) is 0.913. The van der Waals surface area contributed by atoms with E-state index in [2.05, 4.69) is 22.4 Å². The number of pyridine rings is 1. The van der Waals surface area contributed by atoms with Crippen LogP contribution >= 0.6 is 0 Å². The average Bonchev–Trinajstić information content (AvgIpc) is 2.53. The van der Waals surface area contributed by atoms with E-state index < -0.39 is 0 Å². The topological polar surface area (TPSA) is 43.4 Å². The molecule has 0 saturated carbocycles. The van der Waals surface area contributed by atoms with Crippen LogP contribution in [-0.2, 0) is 6.42 Å². The van der Waals surface area contributed by atoms with Crippen LogP contribution in [0.25, 0.3) is 0 Å². The predicted octanol–water partition coefficient (Wildman–Crippen LogP) is 2.33. The summed E-state index contributed by atoms with van der Waals surface area (Å²) < 4.78 is 10.9. The molecule has 2 heterocycles. The molecule has 0 radical (unpaired) electrons. The lowest BCUT2D eigenvalue weighted by molar-refractivity contribution is 0.348. The Labute approximate surface area is 118 Å². The van der Waals surface area contributed by atoms with Gasteiger partial charge in [-0.1, -0.05) is 12.1 Å². The zero-order valence-corrected chi connectivity index (χ0v) is 11.7. The van der Waals surface area contributed by atoms with Gasteiger partial charge in [0.2, 0.25) is 0 Å². The lowest BCUT2D eigenvalue weighted by atomic mass is 9.89. The fraction of sp³-hybridized carbons (Fsp3) is 0.312. The molecule has 1 N–H and O–H groups in total. The second-order valence-corrected chi connectivity index (χ2v) is 4.79. The van der Waals surface area contributed by atoms with Crippen molar-refractivity contribution in [1.82, 2.24) is 10.3 Å². The fourth-order valence-electron chi connectivity index (χ4n) is 2.83. The quantitative estimate of drug-likeness (QED) is 0.929. The first-order valence-corrected chi connectivity index (χ1v) is 6.72. The van der Waals surface area contributed by atoms with Crippen LogP contribution < -0.4 is 14.8 Å². The molecule has 20 heavy (non-hydrogen) atoms. The maximum atomic E-state index is 5.55. The number of methoxy groups -OCH3 is 2. The average molecular weight is 270 g/mol. The van der Waals surface area contributed by atoms with Crippen molar-refractivity contribution in [3.63, 3.8) is 0 Å². The lowest BCUT2D eigenvalue weighted by Crippen LogP contribution is -2.31. The van der Waals surface area contributed by atoms with E-state index in [0.717, 1.165) is 24.5 Å². The van der Waals surface area contributed by atoms with Crippen molar-refractivity contribution in [1.29, 1.82) is 0 Å². The molecule has 0 aliphatic carbocycles. The van der Waals surface area contributed by atoms with Crippen LogP contribution in [0, 0.1) is 0 Å². The van der Waals surface area contributed by atoms with Crippen LogP contribution in [0.5, 0.6) is 11.5 Å². The standard InChI is InChI=1S/C16H18N2O2/c1-19-14-6-5-12-13(16(14)20-2)7-9-18-15(12)11-4-3-8-17-10-11/h3-6,8,10,15,18H,7,9H2,1-2H3. The van der Waals surface area contributed by atoms with Gasteiger partial charge in [0, 0.05) is 24.5 Å². The molecule has 3 rings (SSSR count). The third kappa shape index (κ3) is 2.12. The van der Waals surface area contributed by atoms with Crippen molar-refractivity contribution in [2.75, 3.05) is 20.8 Å².